The second-order valence-electron chi connectivity index (χ2n) is 3.98. The molecule has 14 heavy (non-hydrogen) atoms. The number of ketones is 1. The molecule has 1 fully saturated rings. The van der Waals surface area contributed by atoms with Crippen LogP contribution in [-0.2, 0) is 14.6 Å². The molecule has 0 aromatic heterocycles. The van der Waals surface area contributed by atoms with Gasteiger partial charge in [-0.05, 0) is 17.9 Å². The molecule has 1 unspecified atom stereocenters. The van der Waals surface area contributed by atoms with Gasteiger partial charge in [-0.2, -0.15) is 0 Å². The zero-order valence-corrected chi connectivity index (χ0v) is 8.80. The maximum absolute atomic E-state index is 11.5. The fraction of sp³-hybridized carbons (Fsp3) is 0.500. The first kappa shape index (κ1) is 9.65. The molecule has 4 heteroatoms. The van der Waals surface area contributed by atoms with Crippen LogP contribution >= 0.6 is 0 Å². The average molecular weight is 212 g/mol. The van der Waals surface area contributed by atoms with Gasteiger partial charge >= 0.3 is 0 Å². The van der Waals surface area contributed by atoms with Crippen LogP contribution in [0.5, 0.6) is 0 Å². The molecule has 76 valence electrons. The molecule has 1 aliphatic heterocycles. The molecule has 0 aromatic rings. The lowest BCUT2D eigenvalue weighted by Crippen LogP contribution is -2.30. The van der Waals surface area contributed by atoms with E-state index in [-0.39, 0.29) is 17.3 Å². The van der Waals surface area contributed by atoms with E-state index in [1.807, 2.05) is 19.1 Å². The summed E-state index contributed by atoms with van der Waals surface area (Å²) >= 11 is 0. The number of hydrogen-bond donors (Lipinski definition) is 0. The average Bonchev–Trinajstić information content (AvgIpc) is 2.05. The summed E-state index contributed by atoms with van der Waals surface area (Å²) in [5.41, 5.74) is 1.35. The third kappa shape index (κ3) is 1.66. The van der Waals surface area contributed by atoms with Gasteiger partial charge in [-0.1, -0.05) is 19.1 Å². The van der Waals surface area contributed by atoms with Crippen LogP contribution in [0, 0.1) is 5.92 Å². The Kier molecular flexibility index (Phi) is 2.10. The Labute approximate surface area is 83.4 Å². The van der Waals surface area contributed by atoms with Gasteiger partial charge in [-0.25, -0.2) is 8.42 Å². The summed E-state index contributed by atoms with van der Waals surface area (Å²) in [4.78, 5) is 11.5. The zero-order valence-electron chi connectivity index (χ0n) is 7.99. The summed E-state index contributed by atoms with van der Waals surface area (Å²) in [6, 6.07) is 0. The van der Waals surface area contributed by atoms with Crippen LogP contribution in [0.4, 0.5) is 0 Å². The van der Waals surface area contributed by atoms with E-state index < -0.39 is 9.84 Å². The molecule has 0 aromatic carbocycles. The highest BCUT2D eigenvalue weighted by molar-refractivity contribution is 7.92. The molecule has 0 saturated carbocycles. The molecule has 2 aliphatic rings. The molecule has 0 radical (unpaired) electrons. The van der Waals surface area contributed by atoms with Crippen LogP contribution < -0.4 is 0 Å². The fourth-order valence-corrected chi connectivity index (χ4v) is 3.28. The number of rotatable bonds is 0. The largest absolute Gasteiger partial charge is 0.293 e. The standard InChI is InChI=1S/C10H12O3S/c1-7-2-3-8-5-14(12,13)6-10(11)9(8)4-7/h3-4,7H,2,5-6H2,1H3. The molecule has 1 atom stereocenters. The number of Topliss-reactive ketones (excluding diaryl/α,β-unsaturated/α-hetero) is 1. The first-order chi connectivity index (χ1) is 6.48. The van der Waals surface area contributed by atoms with Crippen molar-refractivity contribution in [3.63, 3.8) is 0 Å². The van der Waals surface area contributed by atoms with Crippen LogP contribution in [0.2, 0.25) is 0 Å². The van der Waals surface area contributed by atoms with Crippen LogP contribution in [0.15, 0.2) is 23.3 Å². The van der Waals surface area contributed by atoms with Crippen molar-refractivity contribution in [3.05, 3.63) is 23.3 Å². The third-order valence-electron chi connectivity index (χ3n) is 2.56. The van der Waals surface area contributed by atoms with E-state index in [1.54, 1.807) is 0 Å². The molecule has 0 spiro atoms. The highest BCUT2D eigenvalue weighted by atomic mass is 32.2. The molecule has 1 saturated heterocycles. The van der Waals surface area contributed by atoms with Crippen LogP contribution in [0.3, 0.4) is 0 Å². The molecule has 1 heterocycles. The van der Waals surface area contributed by atoms with Gasteiger partial charge in [0, 0.05) is 5.57 Å². The zero-order chi connectivity index (χ0) is 10.3. The van der Waals surface area contributed by atoms with Crippen molar-refractivity contribution < 1.29 is 13.2 Å². The highest BCUT2D eigenvalue weighted by Crippen LogP contribution is 2.28. The molecular weight excluding hydrogens is 200 g/mol. The summed E-state index contributed by atoms with van der Waals surface area (Å²) in [5.74, 6) is -0.173. The minimum Gasteiger partial charge on any atom is -0.293 e. The van der Waals surface area contributed by atoms with Crippen molar-refractivity contribution in [2.24, 2.45) is 5.92 Å². The Hall–Kier alpha value is -0.900. The van der Waals surface area contributed by atoms with Crippen LogP contribution in [-0.4, -0.2) is 25.7 Å². The van der Waals surface area contributed by atoms with Gasteiger partial charge in [0.05, 0.1) is 5.75 Å². The number of allylic oxidation sites excluding steroid dienone is 3. The molecular formula is C10H12O3S. The molecule has 1 aliphatic carbocycles. The molecule has 0 N–H and O–H groups in total. The van der Waals surface area contributed by atoms with E-state index in [0.717, 1.165) is 6.42 Å². The van der Waals surface area contributed by atoms with Gasteiger partial charge in [0.2, 0.25) is 0 Å². The lowest BCUT2D eigenvalue weighted by Gasteiger charge is -2.22. The number of fused-ring (bicyclic) bond motifs is 1. The van der Waals surface area contributed by atoms with Crippen molar-refractivity contribution >= 4 is 15.6 Å². The quantitative estimate of drug-likeness (QED) is 0.599. The lowest BCUT2D eigenvalue weighted by atomic mass is 9.90. The van der Waals surface area contributed by atoms with Gasteiger partial charge in [0.15, 0.2) is 15.6 Å². The van der Waals surface area contributed by atoms with E-state index in [0.29, 0.717) is 17.1 Å². The minimum atomic E-state index is -3.18. The minimum absolute atomic E-state index is 0.0390. The number of carbonyl (C=O) groups excluding carboxylic acids is 1. The summed E-state index contributed by atoms with van der Waals surface area (Å²) in [6.07, 6.45) is 4.61. The highest BCUT2D eigenvalue weighted by Gasteiger charge is 2.31. The van der Waals surface area contributed by atoms with E-state index >= 15 is 0 Å². The Balaban J connectivity index is 2.42. The molecule has 2 rings (SSSR count). The van der Waals surface area contributed by atoms with E-state index in [9.17, 15) is 13.2 Å². The summed E-state index contributed by atoms with van der Waals surface area (Å²) < 4.78 is 22.6. The van der Waals surface area contributed by atoms with Gasteiger partial charge in [0.1, 0.15) is 5.75 Å². The van der Waals surface area contributed by atoms with Gasteiger partial charge in [0.25, 0.3) is 0 Å². The van der Waals surface area contributed by atoms with Crippen molar-refractivity contribution in [1.82, 2.24) is 0 Å². The molecule has 0 amide bonds. The van der Waals surface area contributed by atoms with Gasteiger partial charge < -0.3 is 0 Å². The first-order valence-electron chi connectivity index (χ1n) is 4.63. The van der Waals surface area contributed by atoms with Gasteiger partial charge in [-0.3, -0.25) is 4.79 Å². The lowest BCUT2D eigenvalue weighted by molar-refractivity contribution is -0.113. The second kappa shape index (κ2) is 3.05. The smallest absolute Gasteiger partial charge is 0.177 e. The number of carbonyl (C=O) groups is 1. The van der Waals surface area contributed by atoms with Gasteiger partial charge in [-0.15, -0.1) is 0 Å². The Morgan fingerprint density at radius 1 is 1.36 bits per heavy atom. The Morgan fingerprint density at radius 2 is 2.07 bits per heavy atom. The Bertz CT molecular complexity index is 440. The van der Waals surface area contributed by atoms with Crippen molar-refractivity contribution in [2.75, 3.05) is 11.5 Å². The maximum atomic E-state index is 11.5. The van der Waals surface area contributed by atoms with Crippen LogP contribution in [0.25, 0.3) is 0 Å². The van der Waals surface area contributed by atoms with E-state index in [4.69, 9.17) is 0 Å². The second-order valence-corrected chi connectivity index (χ2v) is 6.04. The monoisotopic (exact) mass is 212 g/mol. The predicted octanol–water partition coefficient (Wildman–Crippen LogP) is 0.877. The SMILES string of the molecule is CC1C=C2C(=O)CS(=O)(=O)CC2=CC1. The van der Waals surface area contributed by atoms with E-state index in [1.165, 1.54) is 0 Å². The third-order valence-corrected chi connectivity index (χ3v) is 4.01. The summed E-state index contributed by atoms with van der Waals surface area (Å²) in [5, 5.41) is 0. The maximum Gasteiger partial charge on any atom is 0.177 e. The van der Waals surface area contributed by atoms with E-state index in [2.05, 4.69) is 0 Å². The van der Waals surface area contributed by atoms with Crippen LogP contribution in [0.1, 0.15) is 13.3 Å². The van der Waals surface area contributed by atoms with Crippen molar-refractivity contribution in [2.45, 2.75) is 13.3 Å². The number of sulfone groups is 1. The van der Waals surface area contributed by atoms with Crippen molar-refractivity contribution in [1.29, 1.82) is 0 Å². The summed E-state index contributed by atoms with van der Waals surface area (Å²) in [7, 11) is -3.18. The Morgan fingerprint density at radius 3 is 2.79 bits per heavy atom. The normalized spacial score (nSPS) is 30.4. The molecule has 3 nitrogen and oxygen atoms in total. The number of hydrogen-bond acceptors (Lipinski definition) is 3. The first-order valence-corrected chi connectivity index (χ1v) is 6.45. The predicted molar refractivity (Wildman–Crippen MR) is 53.6 cm³/mol. The molecule has 0 bridgehead atoms. The van der Waals surface area contributed by atoms with Crippen molar-refractivity contribution in [3.8, 4) is 0 Å². The summed E-state index contributed by atoms with van der Waals surface area (Å²) in [6.45, 7) is 2.02. The fourth-order valence-electron chi connectivity index (χ4n) is 1.87. The topological polar surface area (TPSA) is 51.2 Å².